The van der Waals surface area contributed by atoms with Gasteiger partial charge in [-0.15, -0.1) is 11.3 Å². The van der Waals surface area contributed by atoms with E-state index in [1.807, 2.05) is 13.0 Å². The van der Waals surface area contributed by atoms with Gasteiger partial charge in [-0.2, -0.15) is 0 Å². The third-order valence-corrected chi connectivity index (χ3v) is 15.1. The number of Topliss-reactive ketones (excluding diaryl/α,β-unsaturated/α-hetero) is 1. The first-order valence-corrected chi connectivity index (χ1v) is 18.7. The molecule has 8 rings (SSSR count). The Kier molecular flexibility index (Phi) is 7.97. The molecule has 1 heterocycles. The minimum absolute atomic E-state index is 0.0307. The van der Waals surface area contributed by atoms with Gasteiger partial charge in [-0.3, -0.25) is 4.79 Å². The van der Waals surface area contributed by atoms with E-state index in [-0.39, 0.29) is 41.4 Å². The second-order valence-corrected chi connectivity index (χ2v) is 17.0. The van der Waals surface area contributed by atoms with Gasteiger partial charge in [0.25, 0.3) is 0 Å². The van der Waals surface area contributed by atoms with E-state index >= 15 is 0 Å². The minimum Gasteiger partial charge on any atom is -0.450 e. The molecular formula is C38H53NO5S. The molecule has 2 spiro atoms. The standard InChI is InChI=1S/C38H53NO5S/c1-4-44-33(42)39(21-15-28-11-8-22-45-28)25-37(43)18-14-31-35(37,3)17-13-30-34(2)16-12-27(40)23-36(34)19-20-38(30,31)29(24-36)32(41)26-9-6-5-7-10-26/h8,11,19-20,22,24,26-27,30-31,40,43H,4-7,9-10,12-18,21,23,25H2,1-3H3/t27?,30-,31-,34-,35+,36+,37-,38-/m1/s1. The fourth-order valence-corrected chi connectivity index (χ4v) is 12.4. The van der Waals surface area contributed by atoms with Gasteiger partial charge in [-0.25, -0.2) is 4.79 Å². The Labute approximate surface area is 273 Å². The highest BCUT2D eigenvalue weighted by atomic mass is 32.1. The van der Waals surface area contributed by atoms with Gasteiger partial charge in [0, 0.05) is 39.2 Å². The fraction of sp³-hybridized carbons (Fsp3) is 0.737. The largest absolute Gasteiger partial charge is 0.450 e. The van der Waals surface area contributed by atoms with Crippen molar-refractivity contribution in [2.75, 3.05) is 19.7 Å². The molecular weight excluding hydrogens is 582 g/mol. The molecule has 0 saturated heterocycles. The Morgan fingerprint density at radius 3 is 2.47 bits per heavy atom. The van der Waals surface area contributed by atoms with Crippen LogP contribution in [0.3, 0.4) is 0 Å². The third-order valence-electron chi connectivity index (χ3n) is 14.1. The molecule has 1 aromatic rings. The van der Waals surface area contributed by atoms with E-state index in [2.05, 4.69) is 43.5 Å². The van der Waals surface area contributed by atoms with Crippen molar-refractivity contribution in [3.63, 3.8) is 0 Å². The van der Waals surface area contributed by atoms with E-state index < -0.39 is 16.4 Å². The Bertz CT molecular complexity index is 1370. The highest BCUT2D eigenvalue weighted by molar-refractivity contribution is 7.09. The summed E-state index contributed by atoms with van der Waals surface area (Å²) in [5.74, 6) is 0.825. The SMILES string of the molecule is CCOC(=O)N(CCc1cccs1)C[C@]1(O)CC[C@H]2[C@]34C=C[C@@]5(C=C3C(=O)C3CCCCC3)CC(O)CC[C@]5(C)[C@H]4CC[C@@]21C. The summed E-state index contributed by atoms with van der Waals surface area (Å²) in [6.45, 7) is 7.59. The number of ether oxygens (including phenoxy) is 1. The summed E-state index contributed by atoms with van der Waals surface area (Å²) in [6.07, 6.45) is 18.3. The van der Waals surface area contributed by atoms with Crippen molar-refractivity contribution in [1.29, 1.82) is 0 Å². The van der Waals surface area contributed by atoms with Gasteiger partial charge in [-0.1, -0.05) is 57.4 Å². The maximum absolute atomic E-state index is 14.7. The molecule has 6 nitrogen and oxygen atoms in total. The molecule has 7 aliphatic rings. The summed E-state index contributed by atoms with van der Waals surface area (Å²) in [5.41, 5.74) is -1.28. The number of rotatable bonds is 8. The minimum atomic E-state index is -1.08. The molecule has 7 heteroatoms. The molecule has 8 atom stereocenters. The molecule has 45 heavy (non-hydrogen) atoms. The summed E-state index contributed by atoms with van der Waals surface area (Å²) in [6, 6.07) is 4.13. The molecule has 2 N–H and O–H groups in total. The number of amides is 1. The number of nitrogens with zero attached hydrogens (tertiary/aromatic N) is 1. The van der Waals surface area contributed by atoms with Crippen LogP contribution < -0.4 is 0 Å². The first-order valence-electron chi connectivity index (χ1n) is 17.8. The Morgan fingerprint density at radius 1 is 1.00 bits per heavy atom. The first-order chi connectivity index (χ1) is 21.5. The van der Waals surface area contributed by atoms with Crippen molar-refractivity contribution in [2.24, 2.45) is 39.4 Å². The average molecular weight is 636 g/mol. The van der Waals surface area contributed by atoms with Gasteiger partial charge < -0.3 is 19.8 Å². The molecule has 7 aliphatic carbocycles. The predicted octanol–water partition coefficient (Wildman–Crippen LogP) is 7.49. The molecule has 0 aromatic carbocycles. The maximum atomic E-state index is 14.7. The Morgan fingerprint density at radius 2 is 1.73 bits per heavy atom. The average Bonchev–Trinajstić information content (AvgIpc) is 3.65. The van der Waals surface area contributed by atoms with Crippen molar-refractivity contribution >= 4 is 23.2 Å². The second kappa shape index (κ2) is 11.3. The van der Waals surface area contributed by atoms with Crippen LogP contribution in [-0.2, 0) is 16.0 Å². The lowest BCUT2D eigenvalue weighted by Crippen LogP contribution is -2.67. The highest BCUT2D eigenvalue weighted by Crippen LogP contribution is 2.78. The molecule has 0 radical (unpaired) electrons. The summed E-state index contributed by atoms with van der Waals surface area (Å²) >= 11 is 1.69. The van der Waals surface area contributed by atoms with E-state index in [1.54, 1.807) is 16.2 Å². The van der Waals surface area contributed by atoms with Gasteiger partial charge in [-0.05, 0) is 99.8 Å². The van der Waals surface area contributed by atoms with Crippen LogP contribution in [0.1, 0.15) is 103 Å². The fourth-order valence-electron chi connectivity index (χ4n) is 11.7. The number of hydrogen-bond acceptors (Lipinski definition) is 6. The second-order valence-electron chi connectivity index (χ2n) is 16.0. The zero-order valence-electron chi connectivity index (χ0n) is 27.6. The monoisotopic (exact) mass is 635 g/mol. The summed E-state index contributed by atoms with van der Waals surface area (Å²) < 4.78 is 5.52. The predicted molar refractivity (Wildman–Crippen MR) is 177 cm³/mol. The van der Waals surface area contributed by atoms with Gasteiger partial charge in [0.05, 0.1) is 24.9 Å². The summed E-state index contributed by atoms with van der Waals surface area (Å²) in [5, 5.41) is 25.8. The number of carbonyl (C=O) groups is 2. The lowest BCUT2D eigenvalue weighted by Gasteiger charge is -2.71. The number of fused-ring (bicyclic) bond motifs is 1. The molecule has 4 saturated carbocycles. The lowest BCUT2D eigenvalue weighted by atomic mass is 9.32. The molecule has 4 fully saturated rings. The number of aliphatic hydroxyl groups excluding tert-OH is 1. The van der Waals surface area contributed by atoms with Crippen LogP contribution in [-0.4, -0.2) is 58.4 Å². The van der Waals surface area contributed by atoms with Crippen LogP contribution in [0.15, 0.2) is 41.3 Å². The van der Waals surface area contributed by atoms with Crippen LogP contribution >= 0.6 is 11.3 Å². The van der Waals surface area contributed by atoms with Crippen LogP contribution in [0.5, 0.6) is 0 Å². The van der Waals surface area contributed by atoms with E-state index in [9.17, 15) is 19.8 Å². The van der Waals surface area contributed by atoms with Gasteiger partial charge >= 0.3 is 6.09 Å². The number of allylic oxidation sites excluding steroid dienone is 4. The van der Waals surface area contributed by atoms with Gasteiger partial charge in [0.1, 0.15) is 0 Å². The molecule has 1 amide bonds. The number of aliphatic hydroxyl groups is 2. The summed E-state index contributed by atoms with van der Waals surface area (Å²) in [4.78, 5) is 31.0. The van der Waals surface area contributed by atoms with Crippen molar-refractivity contribution in [3.05, 3.63) is 46.2 Å². The topological polar surface area (TPSA) is 87.1 Å². The zero-order valence-corrected chi connectivity index (χ0v) is 28.4. The number of hydrogen-bond donors (Lipinski definition) is 2. The molecule has 2 bridgehead atoms. The van der Waals surface area contributed by atoms with Crippen molar-refractivity contribution < 1.29 is 24.5 Å². The highest BCUT2D eigenvalue weighted by Gasteiger charge is 2.74. The van der Waals surface area contributed by atoms with Crippen LogP contribution in [0.2, 0.25) is 0 Å². The lowest BCUT2D eigenvalue weighted by molar-refractivity contribution is -0.178. The summed E-state index contributed by atoms with van der Waals surface area (Å²) in [7, 11) is 0. The third kappa shape index (κ3) is 4.60. The van der Waals surface area contributed by atoms with Crippen LogP contribution in [0.25, 0.3) is 0 Å². The quantitative estimate of drug-likeness (QED) is 0.289. The van der Waals surface area contributed by atoms with Crippen LogP contribution in [0, 0.1) is 39.4 Å². The zero-order chi connectivity index (χ0) is 31.7. The van der Waals surface area contributed by atoms with E-state index in [0.717, 1.165) is 69.8 Å². The molecule has 246 valence electrons. The van der Waals surface area contributed by atoms with Gasteiger partial charge in [0.2, 0.25) is 0 Å². The Balaban J connectivity index is 1.27. The number of carbonyl (C=O) groups excluding carboxylic acids is 2. The molecule has 1 unspecified atom stereocenters. The van der Waals surface area contributed by atoms with Crippen molar-refractivity contribution in [1.82, 2.24) is 4.90 Å². The first kappa shape index (κ1) is 31.6. The van der Waals surface area contributed by atoms with E-state index in [4.69, 9.17) is 4.74 Å². The van der Waals surface area contributed by atoms with E-state index in [0.29, 0.717) is 37.7 Å². The molecule has 1 aromatic heterocycles. The number of ketones is 1. The molecule has 0 aliphatic heterocycles. The van der Waals surface area contributed by atoms with Crippen molar-refractivity contribution in [3.8, 4) is 0 Å². The normalized spacial score (nSPS) is 42.0. The van der Waals surface area contributed by atoms with Gasteiger partial charge in [0.15, 0.2) is 5.78 Å². The smallest absolute Gasteiger partial charge is 0.409 e. The number of thiophene rings is 1. The Hall–Kier alpha value is -1.96. The van der Waals surface area contributed by atoms with E-state index in [1.165, 1.54) is 11.3 Å². The van der Waals surface area contributed by atoms with Crippen LogP contribution in [0.4, 0.5) is 4.79 Å². The van der Waals surface area contributed by atoms with Crippen molar-refractivity contribution in [2.45, 2.75) is 116 Å². The maximum Gasteiger partial charge on any atom is 0.409 e.